The van der Waals surface area contributed by atoms with Crippen molar-refractivity contribution in [3.63, 3.8) is 0 Å². The highest BCUT2D eigenvalue weighted by atomic mass is 16.4. The molecule has 1 aliphatic heterocycles. The van der Waals surface area contributed by atoms with E-state index >= 15 is 0 Å². The lowest BCUT2D eigenvalue weighted by Gasteiger charge is -2.27. The Morgan fingerprint density at radius 3 is 2.70 bits per heavy atom. The normalized spacial score (nSPS) is 15.2. The van der Waals surface area contributed by atoms with Crippen molar-refractivity contribution in [3.8, 4) is 0 Å². The highest BCUT2D eigenvalue weighted by Gasteiger charge is 2.21. The number of nitrogens with zero attached hydrogens (tertiary/aromatic N) is 3. The van der Waals surface area contributed by atoms with Crippen LogP contribution in [-0.2, 0) is 29.1 Å². The topological polar surface area (TPSA) is 87.5 Å². The first kappa shape index (κ1) is 19.1. The number of aliphatic carboxylic acids is 1. The molecular formula is C20H26N4O3. The average molecular weight is 370 g/mol. The smallest absolute Gasteiger partial charge is 0.303 e. The van der Waals surface area contributed by atoms with Gasteiger partial charge in [-0.1, -0.05) is 29.8 Å². The molecule has 2 N–H and O–H groups in total. The van der Waals surface area contributed by atoms with Crippen LogP contribution in [0.5, 0.6) is 0 Å². The predicted octanol–water partition coefficient (Wildman–Crippen LogP) is 1.90. The number of aryl methyl sites for hydroxylation is 2. The maximum Gasteiger partial charge on any atom is 0.303 e. The zero-order valence-corrected chi connectivity index (χ0v) is 15.8. The van der Waals surface area contributed by atoms with Gasteiger partial charge in [-0.3, -0.25) is 19.2 Å². The zero-order chi connectivity index (χ0) is 19.4. The van der Waals surface area contributed by atoms with Gasteiger partial charge < -0.3 is 10.4 Å². The molecule has 7 heteroatoms. The van der Waals surface area contributed by atoms with Crippen LogP contribution in [0.1, 0.15) is 41.9 Å². The summed E-state index contributed by atoms with van der Waals surface area (Å²) in [6, 6.07) is 10.1. The lowest BCUT2D eigenvalue weighted by Crippen LogP contribution is -2.42. The minimum Gasteiger partial charge on any atom is -0.481 e. The maximum absolute atomic E-state index is 12.4. The van der Waals surface area contributed by atoms with Crippen LogP contribution in [-0.4, -0.2) is 44.8 Å². The lowest BCUT2D eigenvalue weighted by molar-refractivity contribution is -0.137. The van der Waals surface area contributed by atoms with Crippen LogP contribution in [0.4, 0.5) is 0 Å². The van der Waals surface area contributed by atoms with Gasteiger partial charge in [0.05, 0.1) is 36.9 Å². The summed E-state index contributed by atoms with van der Waals surface area (Å²) in [5.41, 5.74) is 4.12. The number of amides is 1. The number of rotatable bonds is 7. The van der Waals surface area contributed by atoms with Crippen LogP contribution in [0.15, 0.2) is 30.3 Å². The predicted molar refractivity (Wildman–Crippen MR) is 101 cm³/mol. The van der Waals surface area contributed by atoms with Gasteiger partial charge in [-0.2, -0.15) is 5.10 Å². The molecular weight excluding hydrogens is 344 g/mol. The van der Waals surface area contributed by atoms with Crippen LogP contribution in [0.3, 0.4) is 0 Å². The first-order valence-electron chi connectivity index (χ1n) is 9.26. The van der Waals surface area contributed by atoms with E-state index in [1.54, 1.807) is 0 Å². The summed E-state index contributed by atoms with van der Waals surface area (Å²) in [6.07, 6.45) is 0.517. The van der Waals surface area contributed by atoms with Gasteiger partial charge >= 0.3 is 5.97 Å². The van der Waals surface area contributed by atoms with Gasteiger partial charge in [-0.05, 0) is 25.5 Å². The Labute approximate surface area is 159 Å². The summed E-state index contributed by atoms with van der Waals surface area (Å²) in [5, 5.41) is 16.3. The number of hydrogen-bond donors (Lipinski definition) is 2. The van der Waals surface area contributed by atoms with Crippen LogP contribution in [0.2, 0.25) is 0 Å². The van der Waals surface area contributed by atoms with Gasteiger partial charge in [0.15, 0.2) is 0 Å². The van der Waals surface area contributed by atoms with E-state index in [0.29, 0.717) is 26.1 Å². The van der Waals surface area contributed by atoms with Gasteiger partial charge in [-0.25, -0.2) is 0 Å². The molecule has 0 bridgehead atoms. The van der Waals surface area contributed by atoms with Gasteiger partial charge in [0.1, 0.15) is 0 Å². The second-order valence-electron chi connectivity index (χ2n) is 7.15. The van der Waals surface area contributed by atoms with E-state index in [9.17, 15) is 9.59 Å². The standard InChI is InChI=1S/C20H26N4O3/c1-14-3-5-16(6-4-14)15(2)21-19(25)13-23-9-10-24-18(12-23)11-17(22-24)7-8-20(26)27/h3-6,11,15H,7-10,12-13H2,1-2H3,(H,21,25)(H,26,27). The Bertz CT molecular complexity index is 813. The Hall–Kier alpha value is -2.67. The first-order valence-corrected chi connectivity index (χ1v) is 9.26. The molecule has 2 heterocycles. The molecule has 0 saturated heterocycles. The largest absolute Gasteiger partial charge is 0.481 e. The van der Waals surface area contributed by atoms with Crippen molar-refractivity contribution in [1.82, 2.24) is 20.0 Å². The molecule has 1 atom stereocenters. The van der Waals surface area contributed by atoms with Gasteiger partial charge in [0.2, 0.25) is 5.91 Å². The number of aromatic nitrogens is 2. The zero-order valence-electron chi connectivity index (χ0n) is 15.8. The maximum atomic E-state index is 12.4. The third kappa shape index (κ3) is 5.17. The molecule has 7 nitrogen and oxygen atoms in total. The van der Waals surface area contributed by atoms with Crippen molar-refractivity contribution < 1.29 is 14.7 Å². The molecule has 2 aromatic rings. The van der Waals surface area contributed by atoms with Crippen molar-refractivity contribution in [3.05, 3.63) is 52.8 Å². The van der Waals surface area contributed by atoms with Crippen LogP contribution in [0.25, 0.3) is 0 Å². The van der Waals surface area contributed by atoms with Crippen molar-refractivity contribution in [2.75, 3.05) is 13.1 Å². The highest BCUT2D eigenvalue weighted by Crippen LogP contribution is 2.16. The van der Waals surface area contributed by atoms with E-state index in [2.05, 4.69) is 15.3 Å². The fourth-order valence-corrected chi connectivity index (χ4v) is 3.30. The van der Waals surface area contributed by atoms with E-state index in [1.807, 2.05) is 48.9 Å². The Kier molecular flexibility index (Phi) is 5.91. The lowest BCUT2D eigenvalue weighted by atomic mass is 10.1. The summed E-state index contributed by atoms with van der Waals surface area (Å²) < 4.78 is 1.92. The van der Waals surface area contributed by atoms with Crippen molar-refractivity contribution in [2.45, 2.75) is 45.8 Å². The molecule has 144 valence electrons. The molecule has 1 aliphatic rings. The summed E-state index contributed by atoms with van der Waals surface area (Å²) in [5.74, 6) is -0.816. The quantitative estimate of drug-likeness (QED) is 0.777. The first-order chi connectivity index (χ1) is 12.9. The Morgan fingerprint density at radius 1 is 1.26 bits per heavy atom. The minimum absolute atomic E-state index is 0.00198. The molecule has 0 radical (unpaired) electrons. The van der Waals surface area contributed by atoms with Crippen LogP contribution >= 0.6 is 0 Å². The van der Waals surface area contributed by atoms with E-state index < -0.39 is 5.97 Å². The number of carbonyl (C=O) groups excluding carboxylic acids is 1. The summed E-state index contributed by atoms with van der Waals surface area (Å²) in [7, 11) is 0. The molecule has 1 aromatic carbocycles. The number of carbonyl (C=O) groups is 2. The molecule has 0 spiro atoms. The van der Waals surface area contributed by atoms with E-state index in [4.69, 9.17) is 5.11 Å². The Balaban J connectivity index is 1.52. The minimum atomic E-state index is -0.818. The van der Waals surface area contributed by atoms with Crippen LogP contribution < -0.4 is 5.32 Å². The summed E-state index contributed by atoms with van der Waals surface area (Å²) in [6.45, 7) is 6.48. The number of benzene rings is 1. The van der Waals surface area contributed by atoms with Crippen LogP contribution in [0, 0.1) is 6.92 Å². The average Bonchev–Trinajstić information content (AvgIpc) is 3.02. The molecule has 1 aromatic heterocycles. The third-order valence-corrected chi connectivity index (χ3v) is 4.84. The van der Waals surface area contributed by atoms with Crippen molar-refractivity contribution in [2.24, 2.45) is 0 Å². The molecule has 3 rings (SSSR count). The Morgan fingerprint density at radius 2 is 2.00 bits per heavy atom. The fourth-order valence-electron chi connectivity index (χ4n) is 3.30. The molecule has 27 heavy (non-hydrogen) atoms. The number of hydrogen-bond acceptors (Lipinski definition) is 4. The second kappa shape index (κ2) is 8.35. The monoisotopic (exact) mass is 370 g/mol. The van der Waals surface area contributed by atoms with Gasteiger partial charge in [-0.15, -0.1) is 0 Å². The molecule has 1 amide bonds. The third-order valence-electron chi connectivity index (χ3n) is 4.84. The van der Waals surface area contributed by atoms with Crippen molar-refractivity contribution >= 4 is 11.9 Å². The number of nitrogens with one attached hydrogen (secondary N) is 1. The molecule has 0 fully saturated rings. The molecule has 1 unspecified atom stereocenters. The fraction of sp³-hybridized carbons (Fsp3) is 0.450. The van der Waals surface area contributed by atoms with Gasteiger partial charge in [0, 0.05) is 19.5 Å². The highest BCUT2D eigenvalue weighted by molar-refractivity contribution is 5.78. The summed E-state index contributed by atoms with van der Waals surface area (Å²) in [4.78, 5) is 25.2. The number of carboxylic acid groups (broad SMARTS) is 1. The van der Waals surface area contributed by atoms with E-state index in [0.717, 1.165) is 23.5 Å². The summed E-state index contributed by atoms with van der Waals surface area (Å²) >= 11 is 0. The second-order valence-corrected chi connectivity index (χ2v) is 7.15. The van der Waals surface area contributed by atoms with E-state index in [-0.39, 0.29) is 18.4 Å². The van der Waals surface area contributed by atoms with Gasteiger partial charge in [0.25, 0.3) is 0 Å². The number of carboxylic acids is 1. The number of fused-ring (bicyclic) bond motifs is 1. The molecule has 0 aliphatic carbocycles. The van der Waals surface area contributed by atoms with Crippen molar-refractivity contribution in [1.29, 1.82) is 0 Å². The SMILES string of the molecule is Cc1ccc(C(C)NC(=O)CN2CCn3nc(CCC(=O)O)cc3C2)cc1. The molecule has 0 saturated carbocycles. The van der Waals surface area contributed by atoms with E-state index in [1.165, 1.54) is 5.56 Å².